The van der Waals surface area contributed by atoms with Crippen LogP contribution in [0.1, 0.15) is 33.9 Å². The van der Waals surface area contributed by atoms with E-state index in [-0.39, 0.29) is 5.91 Å². The zero-order chi connectivity index (χ0) is 15.1. The summed E-state index contributed by atoms with van der Waals surface area (Å²) in [5, 5.41) is 13.6. The van der Waals surface area contributed by atoms with Gasteiger partial charge < -0.3 is 14.5 Å². The van der Waals surface area contributed by atoms with Crippen LogP contribution < -0.4 is 0 Å². The maximum absolute atomic E-state index is 12.6. The van der Waals surface area contributed by atoms with Crippen molar-refractivity contribution in [1.29, 1.82) is 0 Å². The number of hydrogen-bond donors (Lipinski definition) is 1. The predicted molar refractivity (Wildman–Crippen MR) is 76.6 cm³/mol. The molecule has 2 aromatic rings. The van der Waals surface area contributed by atoms with Crippen LogP contribution in [0.5, 0.6) is 0 Å². The monoisotopic (exact) mass is 289 g/mol. The van der Waals surface area contributed by atoms with Crippen molar-refractivity contribution in [2.24, 2.45) is 0 Å². The number of aliphatic hydroxyl groups is 1. The Balaban J connectivity index is 1.96. The molecule has 21 heavy (non-hydrogen) atoms. The lowest BCUT2D eigenvalue weighted by molar-refractivity contribution is 0.0764. The summed E-state index contributed by atoms with van der Waals surface area (Å²) in [7, 11) is 0. The molecule has 0 spiro atoms. The first kappa shape index (κ1) is 13.9. The van der Waals surface area contributed by atoms with E-state index in [0.717, 1.165) is 17.1 Å². The Morgan fingerprint density at radius 3 is 2.71 bits per heavy atom. The number of amides is 1. The number of hydrogen-bond acceptors (Lipinski definition) is 4. The Morgan fingerprint density at radius 2 is 2.14 bits per heavy atom. The predicted octanol–water partition coefficient (Wildman–Crippen LogP) is 1.60. The van der Waals surface area contributed by atoms with E-state index in [4.69, 9.17) is 4.52 Å². The fourth-order valence-corrected chi connectivity index (χ4v) is 2.89. The number of carbonyl (C=O) groups excluding carboxylic acids is 1. The molecule has 1 N–H and O–H groups in total. The van der Waals surface area contributed by atoms with Crippen LogP contribution in [0, 0.1) is 20.8 Å². The Labute approximate surface area is 123 Å². The lowest BCUT2D eigenvalue weighted by atomic mass is 10.2. The Morgan fingerprint density at radius 1 is 1.38 bits per heavy atom. The quantitative estimate of drug-likeness (QED) is 0.911. The highest BCUT2D eigenvalue weighted by Gasteiger charge is 2.28. The molecule has 6 nitrogen and oxygen atoms in total. The molecule has 1 amide bonds. The van der Waals surface area contributed by atoms with Gasteiger partial charge in [-0.15, -0.1) is 0 Å². The van der Waals surface area contributed by atoms with E-state index in [1.54, 1.807) is 4.90 Å². The van der Waals surface area contributed by atoms with Crippen LogP contribution in [0.15, 0.2) is 16.7 Å². The summed E-state index contributed by atoms with van der Waals surface area (Å²) in [6.45, 7) is 6.68. The highest BCUT2D eigenvalue weighted by molar-refractivity contribution is 5.96. The van der Waals surface area contributed by atoms with E-state index in [0.29, 0.717) is 30.9 Å². The molecule has 1 aliphatic heterocycles. The van der Waals surface area contributed by atoms with Crippen molar-refractivity contribution < 1.29 is 14.4 Å². The maximum Gasteiger partial charge on any atom is 0.255 e. The standard InChI is InChI=1S/C15H19N3O3/c1-9-6-13(15(20)17-5-4-12(19)8-17)11(3)18(9)14-7-10(2)21-16-14/h6-7,12,19H,4-5,8H2,1-3H3/t12-/m1/s1. The number of β-amino-alcohol motifs (C(OH)–C–C–N with tert-alkyl or cyclic N) is 1. The molecule has 1 aliphatic rings. The van der Waals surface area contributed by atoms with Crippen molar-refractivity contribution >= 4 is 5.91 Å². The summed E-state index contributed by atoms with van der Waals surface area (Å²) in [6, 6.07) is 3.71. The molecule has 0 aliphatic carbocycles. The van der Waals surface area contributed by atoms with Gasteiger partial charge in [0.05, 0.1) is 11.7 Å². The summed E-state index contributed by atoms with van der Waals surface area (Å²) < 4.78 is 7.03. The molecule has 1 atom stereocenters. The summed E-state index contributed by atoms with van der Waals surface area (Å²) >= 11 is 0. The second kappa shape index (κ2) is 5.04. The number of likely N-dealkylation sites (tertiary alicyclic amines) is 1. The van der Waals surface area contributed by atoms with Gasteiger partial charge in [0.25, 0.3) is 5.91 Å². The second-order valence-corrected chi connectivity index (χ2v) is 5.61. The molecule has 3 heterocycles. The molecule has 0 saturated carbocycles. The van der Waals surface area contributed by atoms with E-state index >= 15 is 0 Å². The molecule has 1 fully saturated rings. The molecular weight excluding hydrogens is 270 g/mol. The van der Waals surface area contributed by atoms with Crippen LogP contribution in [0.3, 0.4) is 0 Å². The first-order valence-electron chi connectivity index (χ1n) is 7.07. The van der Waals surface area contributed by atoms with Gasteiger partial charge in [0.1, 0.15) is 5.76 Å². The Kier molecular flexibility index (Phi) is 3.33. The third-order valence-corrected chi connectivity index (χ3v) is 3.96. The van der Waals surface area contributed by atoms with Crippen LogP contribution in [0.4, 0.5) is 0 Å². The van der Waals surface area contributed by atoms with Gasteiger partial charge in [0.2, 0.25) is 0 Å². The van der Waals surface area contributed by atoms with Gasteiger partial charge in [-0.1, -0.05) is 5.16 Å². The largest absolute Gasteiger partial charge is 0.391 e. The summed E-state index contributed by atoms with van der Waals surface area (Å²) in [4.78, 5) is 14.3. The van der Waals surface area contributed by atoms with E-state index in [1.165, 1.54) is 0 Å². The Hall–Kier alpha value is -2.08. The minimum Gasteiger partial charge on any atom is -0.391 e. The Bertz CT molecular complexity index is 686. The summed E-state index contributed by atoms with van der Waals surface area (Å²) in [5.41, 5.74) is 2.43. The first-order valence-corrected chi connectivity index (χ1v) is 7.07. The van der Waals surface area contributed by atoms with Crippen molar-refractivity contribution in [1.82, 2.24) is 14.6 Å². The van der Waals surface area contributed by atoms with Gasteiger partial charge in [0.15, 0.2) is 5.82 Å². The highest BCUT2D eigenvalue weighted by atomic mass is 16.5. The third-order valence-electron chi connectivity index (χ3n) is 3.96. The number of aryl methyl sites for hydroxylation is 2. The van der Waals surface area contributed by atoms with Crippen LogP contribution >= 0.6 is 0 Å². The summed E-state index contributed by atoms with van der Waals surface area (Å²) in [5.74, 6) is 1.38. The van der Waals surface area contributed by atoms with Gasteiger partial charge in [-0.2, -0.15) is 0 Å². The first-order chi connectivity index (χ1) is 9.97. The highest BCUT2D eigenvalue weighted by Crippen LogP contribution is 2.23. The van der Waals surface area contributed by atoms with Crippen molar-refractivity contribution in [3.05, 3.63) is 34.8 Å². The van der Waals surface area contributed by atoms with E-state index in [2.05, 4.69) is 5.16 Å². The van der Waals surface area contributed by atoms with Gasteiger partial charge in [0, 0.05) is 30.5 Å². The number of carbonyl (C=O) groups is 1. The number of rotatable bonds is 2. The van der Waals surface area contributed by atoms with E-state index in [1.807, 2.05) is 37.5 Å². The van der Waals surface area contributed by atoms with E-state index < -0.39 is 6.10 Å². The topological polar surface area (TPSA) is 71.5 Å². The third kappa shape index (κ3) is 2.35. The van der Waals surface area contributed by atoms with Gasteiger partial charge in [-0.05, 0) is 33.3 Å². The number of aromatic nitrogens is 2. The fourth-order valence-electron chi connectivity index (χ4n) is 2.89. The molecular formula is C15H19N3O3. The molecule has 1 saturated heterocycles. The molecule has 0 aromatic carbocycles. The maximum atomic E-state index is 12.6. The average molecular weight is 289 g/mol. The lowest BCUT2D eigenvalue weighted by Crippen LogP contribution is -2.29. The number of aliphatic hydroxyl groups excluding tert-OH is 1. The van der Waals surface area contributed by atoms with Crippen LogP contribution in [0.25, 0.3) is 5.82 Å². The SMILES string of the molecule is Cc1cc(-n2c(C)cc(C(=O)N3CC[C@@H](O)C3)c2C)no1. The van der Waals surface area contributed by atoms with Gasteiger partial charge >= 0.3 is 0 Å². The minimum absolute atomic E-state index is 0.0360. The smallest absolute Gasteiger partial charge is 0.255 e. The zero-order valence-electron chi connectivity index (χ0n) is 12.5. The van der Waals surface area contributed by atoms with Crippen LogP contribution in [-0.2, 0) is 0 Å². The van der Waals surface area contributed by atoms with Crippen molar-refractivity contribution in [2.75, 3.05) is 13.1 Å². The second-order valence-electron chi connectivity index (χ2n) is 5.61. The van der Waals surface area contributed by atoms with Crippen molar-refractivity contribution in [3.63, 3.8) is 0 Å². The van der Waals surface area contributed by atoms with Crippen LogP contribution in [-0.4, -0.2) is 44.8 Å². The van der Waals surface area contributed by atoms with Crippen molar-refractivity contribution in [3.8, 4) is 5.82 Å². The molecule has 6 heteroatoms. The normalized spacial score (nSPS) is 18.5. The lowest BCUT2D eigenvalue weighted by Gasteiger charge is -2.15. The van der Waals surface area contributed by atoms with E-state index in [9.17, 15) is 9.90 Å². The molecule has 2 aromatic heterocycles. The zero-order valence-corrected chi connectivity index (χ0v) is 12.5. The van der Waals surface area contributed by atoms with Gasteiger partial charge in [-0.3, -0.25) is 9.36 Å². The number of nitrogens with zero attached hydrogens (tertiary/aromatic N) is 3. The van der Waals surface area contributed by atoms with Gasteiger partial charge in [-0.25, -0.2) is 0 Å². The molecule has 112 valence electrons. The molecule has 0 radical (unpaired) electrons. The molecule has 0 bridgehead atoms. The molecule has 0 unspecified atom stereocenters. The minimum atomic E-state index is -0.407. The summed E-state index contributed by atoms with van der Waals surface area (Å²) in [6.07, 6.45) is 0.239. The van der Waals surface area contributed by atoms with Crippen LogP contribution in [0.2, 0.25) is 0 Å². The molecule has 3 rings (SSSR count). The average Bonchev–Trinajstić information content (AvgIpc) is 3.10. The fraction of sp³-hybridized carbons (Fsp3) is 0.467. The van der Waals surface area contributed by atoms with Crippen molar-refractivity contribution in [2.45, 2.75) is 33.3 Å².